The number of nitrogens with one attached hydrogen (secondary N) is 2. The van der Waals surface area contributed by atoms with Gasteiger partial charge in [0.1, 0.15) is 0 Å². The summed E-state index contributed by atoms with van der Waals surface area (Å²) in [5.41, 5.74) is 2.72. The molecule has 0 aliphatic heterocycles. The summed E-state index contributed by atoms with van der Waals surface area (Å²) in [7, 11) is 1.72. The number of ether oxygens (including phenoxy) is 1. The maximum atomic E-state index is 4.95. The van der Waals surface area contributed by atoms with Gasteiger partial charge in [-0.25, -0.2) is 0 Å². The van der Waals surface area contributed by atoms with Crippen molar-refractivity contribution in [1.29, 1.82) is 0 Å². The third-order valence-electron chi connectivity index (χ3n) is 2.67. The third kappa shape index (κ3) is 7.10. The van der Waals surface area contributed by atoms with Gasteiger partial charge in [0.2, 0.25) is 0 Å². The Hall–Kier alpha value is -0.900. The van der Waals surface area contributed by atoms with Crippen molar-refractivity contribution in [3.05, 3.63) is 35.4 Å². The van der Waals surface area contributed by atoms with Crippen LogP contribution in [0.1, 0.15) is 11.1 Å². The van der Waals surface area contributed by atoms with Gasteiger partial charge < -0.3 is 15.4 Å². The van der Waals surface area contributed by atoms with Crippen molar-refractivity contribution in [3.63, 3.8) is 0 Å². The Morgan fingerprint density at radius 1 is 0.941 bits per heavy atom. The average Bonchev–Trinajstić information content (AvgIpc) is 2.35. The van der Waals surface area contributed by atoms with Crippen molar-refractivity contribution < 1.29 is 4.74 Å². The molecule has 0 aromatic heterocycles. The highest BCUT2D eigenvalue weighted by atomic mass is 16.5. The van der Waals surface area contributed by atoms with Gasteiger partial charge in [-0.15, -0.1) is 0 Å². The lowest BCUT2D eigenvalue weighted by molar-refractivity contribution is 0.199. The largest absolute Gasteiger partial charge is 0.383 e. The van der Waals surface area contributed by atoms with E-state index in [1.807, 2.05) is 0 Å². The zero-order valence-electron chi connectivity index (χ0n) is 11.0. The van der Waals surface area contributed by atoms with E-state index in [1.165, 1.54) is 11.1 Å². The fraction of sp³-hybridized carbons (Fsp3) is 0.571. The van der Waals surface area contributed by atoms with Gasteiger partial charge in [0.05, 0.1) is 6.61 Å². The molecule has 0 aliphatic rings. The Labute approximate surface area is 105 Å². The summed E-state index contributed by atoms with van der Waals surface area (Å²) in [5.74, 6) is 0. The van der Waals surface area contributed by atoms with Gasteiger partial charge in [-0.2, -0.15) is 0 Å². The SMILES string of the molecule is COCCNCCNCCc1ccc(C)cc1. The van der Waals surface area contributed by atoms with Gasteiger partial charge in [0.25, 0.3) is 0 Å². The van der Waals surface area contributed by atoms with Crippen molar-refractivity contribution in [2.75, 3.05) is 39.9 Å². The van der Waals surface area contributed by atoms with Crippen LogP contribution in [0.5, 0.6) is 0 Å². The molecule has 1 aromatic carbocycles. The average molecular weight is 236 g/mol. The van der Waals surface area contributed by atoms with Crippen LogP contribution in [0.3, 0.4) is 0 Å². The fourth-order valence-corrected chi connectivity index (χ4v) is 1.59. The van der Waals surface area contributed by atoms with E-state index in [-0.39, 0.29) is 0 Å². The molecule has 2 N–H and O–H groups in total. The van der Waals surface area contributed by atoms with Gasteiger partial charge in [0.15, 0.2) is 0 Å². The predicted octanol–water partition coefficient (Wildman–Crippen LogP) is 1.36. The Bertz CT molecular complexity index is 285. The van der Waals surface area contributed by atoms with E-state index in [0.717, 1.165) is 39.2 Å². The topological polar surface area (TPSA) is 33.3 Å². The van der Waals surface area contributed by atoms with Gasteiger partial charge in [0, 0.05) is 26.7 Å². The molecule has 0 radical (unpaired) electrons. The van der Waals surface area contributed by atoms with Crippen LogP contribution in [-0.2, 0) is 11.2 Å². The molecule has 0 spiro atoms. The molecule has 0 bridgehead atoms. The molecule has 0 atom stereocenters. The monoisotopic (exact) mass is 236 g/mol. The molecule has 1 aromatic rings. The van der Waals surface area contributed by atoms with Crippen LogP contribution >= 0.6 is 0 Å². The molecule has 3 heteroatoms. The molecule has 0 saturated carbocycles. The van der Waals surface area contributed by atoms with Crippen molar-refractivity contribution >= 4 is 0 Å². The summed E-state index contributed by atoms with van der Waals surface area (Å²) in [6, 6.07) is 8.74. The van der Waals surface area contributed by atoms with Gasteiger partial charge in [-0.1, -0.05) is 29.8 Å². The Balaban J connectivity index is 1.95. The lowest BCUT2D eigenvalue weighted by atomic mass is 10.1. The summed E-state index contributed by atoms with van der Waals surface area (Å²) in [5, 5.41) is 6.73. The standard InChI is InChI=1S/C14H24N2O/c1-13-3-5-14(6-4-13)7-8-15-9-10-16-11-12-17-2/h3-6,15-16H,7-12H2,1-2H3. The third-order valence-corrected chi connectivity index (χ3v) is 2.67. The second-order valence-corrected chi connectivity index (χ2v) is 4.23. The number of hydrogen-bond donors (Lipinski definition) is 2. The van der Waals surface area contributed by atoms with Crippen molar-refractivity contribution in [2.45, 2.75) is 13.3 Å². The number of rotatable bonds is 9. The molecule has 17 heavy (non-hydrogen) atoms. The van der Waals surface area contributed by atoms with E-state index in [4.69, 9.17) is 4.74 Å². The maximum absolute atomic E-state index is 4.95. The van der Waals surface area contributed by atoms with Gasteiger partial charge in [-0.05, 0) is 25.5 Å². The van der Waals surface area contributed by atoms with E-state index in [2.05, 4.69) is 41.8 Å². The Kier molecular flexibility index (Phi) is 7.63. The molecule has 0 heterocycles. The molecule has 96 valence electrons. The minimum absolute atomic E-state index is 0.781. The van der Waals surface area contributed by atoms with Crippen LogP contribution in [-0.4, -0.2) is 39.9 Å². The summed E-state index contributed by atoms with van der Waals surface area (Å²) >= 11 is 0. The van der Waals surface area contributed by atoms with Crippen LogP contribution in [0, 0.1) is 6.92 Å². The Morgan fingerprint density at radius 2 is 1.59 bits per heavy atom. The van der Waals surface area contributed by atoms with E-state index in [0.29, 0.717) is 0 Å². The smallest absolute Gasteiger partial charge is 0.0587 e. The molecule has 3 nitrogen and oxygen atoms in total. The first-order chi connectivity index (χ1) is 8.33. The van der Waals surface area contributed by atoms with Gasteiger partial charge in [-0.3, -0.25) is 0 Å². The maximum Gasteiger partial charge on any atom is 0.0587 e. The zero-order chi connectivity index (χ0) is 12.3. The van der Waals surface area contributed by atoms with Crippen LogP contribution in [0.2, 0.25) is 0 Å². The number of aryl methyl sites for hydroxylation is 1. The first kappa shape index (κ1) is 14.2. The normalized spacial score (nSPS) is 10.7. The molecule has 0 fully saturated rings. The highest BCUT2D eigenvalue weighted by Crippen LogP contribution is 2.02. The van der Waals surface area contributed by atoms with E-state index in [1.54, 1.807) is 7.11 Å². The molecule has 1 rings (SSSR count). The molecular formula is C14H24N2O. The quantitative estimate of drug-likeness (QED) is 0.635. The predicted molar refractivity (Wildman–Crippen MR) is 72.5 cm³/mol. The van der Waals surface area contributed by atoms with E-state index >= 15 is 0 Å². The zero-order valence-corrected chi connectivity index (χ0v) is 11.0. The molecule has 0 unspecified atom stereocenters. The second-order valence-electron chi connectivity index (χ2n) is 4.23. The lowest BCUT2D eigenvalue weighted by Crippen LogP contribution is -2.30. The van der Waals surface area contributed by atoms with Crippen LogP contribution in [0.4, 0.5) is 0 Å². The summed E-state index contributed by atoms with van der Waals surface area (Å²) in [6.07, 6.45) is 1.10. The number of methoxy groups -OCH3 is 1. The lowest BCUT2D eigenvalue weighted by Gasteiger charge is -2.06. The van der Waals surface area contributed by atoms with E-state index in [9.17, 15) is 0 Å². The second kappa shape index (κ2) is 9.16. The minimum Gasteiger partial charge on any atom is -0.383 e. The fourth-order valence-electron chi connectivity index (χ4n) is 1.59. The molecule has 0 aliphatic carbocycles. The van der Waals surface area contributed by atoms with Crippen molar-refractivity contribution in [3.8, 4) is 0 Å². The highest BCUT2D eigenvalue weighted by molar-refractivity contribution is 5.21. The Morgan fingerprint density at radius 3 is 2.24 bits per heavy atom. The molecule has 0 saturated heterocycles. The number of benzene rings is 1. The first-order valence-electron chi connectivity index (χ1n) is 6.29. The molecular weight excluding hydrogens is 212 g/mol. The summed E-state index contributed by atoms with van der Waals surface area (Å²) < 4.78 is 4.95. The minimum atomic E-state index is 0.781. The number of hydrogen-bond acceptors (Lipinski definition) is 3. The van der Waals surface area contributed by atoms with Gasteiger partial charge >= 0.3 is 0 Å². The van der Waals surface area contributed by atoms with Crippen molar-refractivity contribution in [2.24, 2.45) is 0 Å². The first-order valence-corrected chi connectivity index (χ1v) is 6.29. The molecule has 0 amide bonds. The van der Waals surface area contributed by atoms with Crippen LogP contribution in [0.25, 0.3) is 0 Å². The van der Waals surface area contributed by atoms with Crippen LogP contribution in [0.15, 0.2) is 24.3 Å². The van der Waals surface area contributed by atoms with E-state index < -0.39 is 0 Å². The summed E-state index contributed by atoms with van der Waals surface area (Å²) in [6.45, 7) is 6.87. The van der Waals surface area contributed by atoms with Crippen molar-refractivity contribution in [1.82, 2.24) is 10.6 Å². The summed E-state index contributed by atoms with van der Waals surface area (Å²) in [4.78, 5) is 0. The van der Waals surface area contributed by atoms with Crippen LogP contribution < -0.4 is 10.6 Å². The highest BCUT2D eigenvalue weighted by Gasteiger charge is 1.92.